The van der Waals surface area contributed by atoms with Gasteiger partial charge in [-0.2, -0.15) is 0 Å². The van der Waals surface area contributed by atoms with Gasteiger partial charge in [-0.1, -0.05) is 26.8 Å². The standard InChI is InChI=1S/C18H30N2O/c1-4-10-19-16-13-15(7-8-17(16)21)6-5-11-20-12-9-18(2,3)14-20/h7-8,13,19,21H,4-6,9-12,14H2,1-3H3. The molecule has 1 aromatic rings. The van der Waals surface area contributed by atoms with Crippen molar-refractivity contribution >= 4 is 5.69 Å². The van der Waals surface area contributed by atoms with Crippen molar-refractivity contribution in [3.63, 3.8) is 0 Å². The first-order valence-corrected chi connectivity index (χ1v) is 8.28. The topological polar surface area (TPSA) is 35.5 Å². The van der Waals surface area contributed by atoms with E-state index in [0.29, 0.717) is 11.2 Å². The number of aromatic hydroxyl groups is 1. The van der Waals surface area contributed by atoms with Crippen LogP contribution in [0.2, 0.25) is 0 Å². The molecule has 0 atom stereocenters. The van der Waals surface area contributed by atoms with Crippen LogP contribution in [0.4, 0.5) is 5.69 Å². The maximum absolute atomic E-state index is 9.85. The summed E-state index contributed by atoms with van der Waals surface area (Å²) in [5.74, 6) is 0.355. The lowest BCUT2D eigenvalue weighted by Crippen LogP contribution is -2.24. The molecule has 0 unspecified atom stereocenters. The second-order valence-electron chi connectivity index (χ2n) is 7.07. The number of phenolic OH excluding ortho intramolecular Hbond substituents is 1. The van der Waals surface area contributed by atoms with Crippen LogP contribution in [0.3, 0.4) is 0 Å². The lowest BCUT2D eigenvalue weighted by atomic mass is 9.93. The third-order valence-electron chi connectivity index (χ3n) is 4.32. The Bertz CT molecular complexity index is 457. The highest BCUT2D eigenvalue weighted by Gasteiger charge is 2.28. The highest BCUT2D eigenvalue weighted by molar-refractivity contribution is 5.57. The van der Waals surface area contributed by atoms with Crippen LogP contribution < -0.4 is 5.32 Å². The summed E-state index contributed by atoms with van der Waals surface area (Å²) < 4.78 is 0. The van der Waals surface area contributed by atoms with E-state index in [1.165, 1.54) is 38.0 Å². The van der Waals surface area contributed by atoms with E-state index < -0.39 is 0 Å². The molecule has 1 aliphatic heterocycles. The zero-order chi connectivity index (χ0) is 15.3. The summed E-state index contributed by atoms with van der Waals surface area (Å²) in [5.41, 5.74) is 2.68. The van der Waals surface area contributed by atoms with Crippen molar-refractivity contribution in [3.05, 3.63) is 23.8 Å². The number of benzene rings is 1. The molecule has 2 N–H and O–H groups in total. The molecule has 1 saturated heterocycles. The summed E-state index contributed by atoms with van der Waals surface area (Å²) in [6.45, 7) is 11.4. The van der Waals surface area contributed by atoms with Crippen molar-refractivity contribution in [2.75, 3.05) is 31.5 Å². The number of nitrogens with zero attached hydrogens (tertiary/aromatic N) is 1. The van der Waals surface area contributed by atoms with Gasteiger partial charge in [-0.25, -0.2) is 0 Å². The van der Waals surface area contributed by atoms with Crippen molar-refractivity contribution in [1.82, 2.24) is 4.90 Å². The zero-order valence-electron chi connectivity index (χ0n) is 13.8. The van der Waals surface area contributed by atoms with Crippen LogP contribution in [-0.2, 0) is 6.42 Å². The fourth-order valence-corrected chi connectivity index (χ4v) is 3.06. The van der Waals surface area contributed by atoms with Gasteiger partial charge in [0.1, 0.15) is 5.75 Å². The van der Waals surface area contributed by atoms with E-state index in [1.807, 2.05) is 12.1 Å². The van der Waals surface area contributed by atoms with Crippen LogP contribution >= 0.6 is 0 Å². The van der Waals surface area contributed by atoms with Gasteiger partial charge >= 0.3 is 0 Å². The molecule has 0 amide bonds. The molecule has 118 valence electrons. The molecule has 1 heterocycles. The first-order chi connectivity index (χ1) is 10.00. The van der Waals surface area contributed by atoms with Crippen LogP contribution in [0, 0.1) is 5.41 Å². The number of nitrogens with one attached hydrogen (secondary N) is 1. The molecule has 0 saturated carbocycles. The van der Waals surface area contributed by atoms with Crippen LogP contribution in [0.5, 0.6) is 5.75 Å². The minimum atomic E-state index is 0.355. The van der Waals surface area contributed by atoms with Crippen LogP contribution in [-0.4, -0.2) is 36.2 Å². The number of phenols is 1. The van der Waals surface area contributed by atoms with Crippen molar-refractivity contribution in [1.29, 1.82) is 0 Å². The molecule has 0 bridgehead atoms. The predicted octanol–water partition coefficient (Wildman–Crippen LogP) is 3.88. The predicted molar refractivity (Wildman–Crippen MR) is 90.0 cm³/mol. The van der Waals surface area contributed by atoms with Gasteiger partial charge in [-0.05, 0) is 61.9 Å². The Morgan fingerprint density at radius 2 is 2.14 bits per heavy atom. The van der Waals surface area contributed by atoms with Crippen molar-refractivity contribution in [2.24, 2.45) is 5.41 Å². The van der Waals surface area contributed by atoms with Crippen molar-refractivity contribution in [2.45, 2.75) is 46.5 Å². The van der Waals surface area contributed by atoms with Gasteiger partial charge in [-0.3, -0.25) is 0 Å². The first-order valence-electron chi connectivity index (χ1n) is 8.28. The van der Waals surface area contributed by atoms with Gasteiger partial charge < -0.3 is 15.3 Å². The summed E-state index contributed by atoms with van der Waals surface area (Å²) in [6, 6.07) is 5.95. The van der Waals surface area contributed by atoms with E-state index >= 15 is 0 Å². The number of hydrogen-bond donors (Lipinski definition) is 2. The van der Waals surface area contributed by atoms with Gasteiger partial charge in [0.05, 0.1) is 5.69 Å². The molecule has 3 nitrogen and oxygen atoms in total. The minimum absolute atomic E-state index is 0.355. The second-order valence-corrected chi connectivity index (χ2v) is 7.07. The molecule has 1 aliphatic rings. The van der Waals surface area contributed by atoms with Gasteiger partial charge in [0.2, 0.25) is 0 Å². The van der Waals surface area contributed by atoms with E-state index in [4.69, 9.17) is 0 Å². The van der Waals surface area contributed by atoms with E-state index in [1.54, 1.807) is 0 Å². The average Bonchev–Trinajstić information content (AvgIpc) is 2.78. The number of aryl methyl sites for hydroxylation is 1. The maximum Gasteiger partial charge on any atom is 0.138 e. The lowest BCUT2D eigenvalue weighted by Gasteiger charge is -2.19. The first kappa shape index (κ1) is 16.2. The normalized spacial score (nSPS) is 18.0. The van der Waals surface area contributed by atoms with Crippen molar-refractivity contribution in [3.8, 4) is 5.75 Å². The Labute approximate surface area is 129 Å². The minimum Gasteiger partial charge on any atom is -0.506 e. The fourth-order valence-electron chi connectivity index (χ4n) is 3.06. The van der Waals surface area contributed by atoms with E-state index in [-0.39, 0.29) is 0 Å². The Morgan fingerprint density at radius 3 is 2.81 bits per heavy atom. The molecule has 1 fully saturated rings. The molecule has 3 heteroatoms. The highest BCUT2D eigenvalue weighted by atomic mass is 16.3. The fraction of sp³-hybridized carbons (Fsp3) is 0.667. The van der Waals surface area contributed by atoms with Crippen molar-refractivity contribution < 1.29 is 5.11 Å². The van der Waals surface area contributed by atoms with Gasteiger partial charge in [0.15, 0.2) is 0 Å². The monoisotopic (exact) mass is 290 g/mol. The molecular weight excluding hydrogens is 260 g/mol. The molecule has 1 aromatic carbocycles. The number of anilines is 1. The quantitative estimate of drug-likeness (QED) is 0.748. The van der Waals surface area contributed by atoms with Gasteiger partial charge in [0.25, 0.3) is 0 Å². The molecule has 2 rings (SSSR count). The number of likely N-dealkylation sites (tertiary alicyclic amines) is 1. The van der Waals surface area contributed by atoms with Crippen LogP contribution in [0.15, 0.2) is 18.2 Å². The van der Waals surface area contributed by atoms with Crippen LogP contribution in [0.1, 0.15) is 45.6 Å². The Balaban J connectivity index is 1.80. The van der Waals surface area contributed by atoms with E-state index in [0.717, 1.165) is 25.1 Å². The summed E-state index contributed by atoms with van der Waals surface area (Å²) in [4.78, 5) is 2.58. The Hall–Kier alpha value is -1.22. The number of rotatable bonds is 7. The Morgan fingerprint density at radius 1 is 1.33 bits per heavy atom. The molecule has 0 aromatic heterocycles. The maximum atomic E-state index is 9.85. The molecule has 0 aliphatic carbocycles. The number of hydrogen-bond acceptors (Lipinski definition) is 3. The Kier molecular flexibility index (Phi) is 5.51. The summed E-state index contributed by atoms with van der Waals surface area (Å²) in [5, 5.41) is 13.1. The van der Waals surface area contributed by atoms with Gasteiger partial charge in [0, 0.05) is 13.1 Å². The highest BCUT2D eigenvalue weighted by Crippen LogP contribution is 2.29. The van der Waals surface area contributed by atoms with E-state index in [2.05, 4.69) is 37.1 Å². The molecule has 0 spiro atoms. The van der Waals surface area contributed by atoms with Gasteiger partial charge in [-0.15, -0.1) is 0 Å². The molecule has 0 radical (unpaired) electrons. The largest absolute Gasteiger partial charge is 0.506 e. The summed E-state index contributed by atoms with van der Waals surface area (Å²) in [6.07, 6.45) is 4.65. The summed E-state index contributed by atoms with van der Waals surface area (Å²) in [7, 11) is 0. The summed E-state index contributed by atoms with van der Waals surface area (Å²) >= 11 is 0. The van der Waals surface area contributed by atoms with Crippen LogP contribution in [0.25, 0.3) is 0 Å². The molecule has 21 heavy (non-hydrogen) atoms. The average molecular weight is 290 g/mol. The zero-order valence-corrected chi connectivity index (χ0v) is 13.8. The smallest absolute Gasteiger partial charge is 0.138 e. The molecular formula is C18H30N2O. The SMILES string of the molecule is CCCNc1cc(CCCN2CCC(C)(C)C2)ccc1O. The third kappa shape index (κ3) is 4.92. The third-order valence-corrected chi connectivity index (χ3v) is 4.32. The van der Waals surface area contributed by atoms with E-state index in [9.17, 15) is 5.11 Å². The second kappa shape index (κ2) is 7.17. The lowest BCUT2D eigenvalue weighted by molar-refractivity contribution is 0.288.